The number of methoxy groups -OCH3 is 1. The maximum Gasteiger partial charge on any atom is 0.335 e. The van der Waals surface area contributed by atoms with Gasteiger partial charge in [0.1, 0.15) is 0 Å². The summed E-state index contributed by atoms with van der Waals surface area (Å²) in [5, 5.41) is 17.8. The summed E-state index contributed by atoms with van der Waals surface area (Å²) in [6.45, 7) is 0.0119. The average molecular weight is 289 g/mol. The maximum atomic E-state index is 11.8. The molecule has 0 aliphatic rings. The van der Waals surface area contributed by atoms with Crippen LogP contribution in [0.1, 0.15) is 16.8 Å². The monoisotopic (exact) mass is 289 g/mol. The Kier molecular flexibility index (Phi) is 5.43. The molecule has 1 rings (SSSR count). The van der Waals surface area contributed by atoms with Gasteiger partial charge in [0.15, 0.2) is 6.29 Å². The van der Waals surface area contributed by atoms with Crippen LogP contribution in [0.2, 0.25) is 0 Å². The van der Waals surface area contributed by atoms with Gasteiger partial charge in [0.05, 0.1) is 10.5 Å². The molecule has 7 nitrogen and oxygen atoms in total. The summed E-state index contributed by atoms with van der Waals surface area (Å²) in [6.07, 6.45) is -0.916. The normalized spacial score (nSPS) is 13.2. The third-order valence-electron chi connectivity index (χ3n) is 2.37. The van der Waals surface area contributed by atoms with Crippen LogP contribution in [0.25, 0.3) is 0 Å². The lowest BCUT2D eigenvalue weighted by Gasteiger charge is -2.10. The maximum absolute atomic E-state index is 11.8. The molecule has 0 heterocycles. The van der Waals surface area contributed by atoms with Gasteiger partial charge in [0.2, 0.25) is 10.0 Å². The van der Waals surface area contributed by atoms with E-state index in [1.165, 1.54) is 31.4 Å². The molecule has 3 N–H and O–H groups in total. The number of carboxylic acids is 1. The minimum atomic E-state index is -3.72. The van der Waals surface area contributed by atoms with E-state index >= 15 is 0 Å². The van der Waals surface area contributed by atoms with Crippen molar-refractivity contribution in [2.75, 3.05) is 13.7 Å². The Morgan fingerprint density at radius 1 is 1.37 bits per heavy atom. The Balaban J connectivity index is 2.69. The molecule has 106 valence electrons. The first-order valence-electron chi connectivity index (χ1n) is 5.40. The van der Waals surface area contributed by atoms with Crippen LogP contribution in [0.3, 0.4) is 0 Å². The first-order valence-corrected chi connectivity index (χ1v) is 6.89. The number of aromatic carboxylic acids is 1. The highest BCUT2D eigenvalue weighted by Crippen LogP contribution is 2.10. The first kappa shape index (κ1) is 15.6. The van der Waals surface area contributed by atoms with Crippen molar-refractivity contribution in [2.45, 2.75) is 17.6 Å². The minimum absolute atomic E-state index is 0.00811. The van der Waals surface area contributed by atoms with Crippen molar-refractivity contribution in [2.24, 2.45) is 0 Å². The van der Waals surface area contributed by atoms with Crippen LogP contribution >= 0.6 is 0 Å². The molecular formula is C11H15NO6S. The Morgan fingerprint density at radius 3 is 2.42 bits per heavy atom. The van der Waals surface area contributed by atoms with E-state index in [2.05, 4.69) is 9.46 Å². The third kappa shape index (κ3) is 4.60. The van der Waals surface area contributed by atoms with E-state index in [1.807, 2.05) is 0 Å². The summed E-state index contributed by atoms with van der Waals surface area (Å²) in [6, 6.07) is 4.83. The van der Waals surface area contributed by atoms with Gasteiger partial charge in [-0.15, -0.1) is 0 Å². The average Bonchev–Trinajstić information content (AvgIpc) is 2.38. The highest BCUT2D eigenvalue weighted by Gasteiger charge is 2.15. The number of benzene rings is 1. The number of hydrogen-bond acceptors (Lipinski definition) is 5. The smallest absolute Gasteiger partial charge is 0.335 e. The van der Waals surface area contributed by atoms with Crippen LogP contribution in [0.4, 0.5) is 0 Å². The van der Waals surface area contributed by atoms with Crippen molar-refractivity contribution in [3.63, 3.8) is 0 Å². The summed E-state index contributed by atoms with van der Waals surface area (Å²) >= 11 is 0. The Bertz CT molecular complexity index is 525. The van der Waals surface area contributed by atoms with Crippen molar-refractivity contribution in [1.82, 2.24) is 4.72 Å². The molecule has 0 bridgehead atoms. The minimum Gasteiger partial charge on any atom is -0.478 e. The molecule has 0 fully saturated rings. The quantitative estimate of drug-likeness (QED) is 0.610. The second-order valence-corrected chi connectivity index (χ2v) is 5.47. The topological polar surface area (TPSA) is 113 Å². The lowest BCUT2D eigenvalue weighted by molar-refractivity contribution is -0.0767. The predicted octanol–water partition coefficient (Wildman–Crippen LogP) is 0.0180. The van der Waals surface area contributed by atoms with Crippen molar-refractivity contribution in [3.8, 4) is 0 Å². The number of rotatable bonds is 7. The number of carbonyl (C=O) groups is 1. The molecule has 1 unspecified atom stereocenters. The van der Waals surface area contributed by atoms with Gasteiger partial charge in [-0.3, -0.25) is 0 Å². The van der Waals surface area contributed by atoms with E-state index in [1.54, 1.807) is 0 Å². The summed E-state index contributed by atoms with van der Waals surface area (Å²) in [5.41, 5.74) is 0.00811. The molecule has 0 aromatic heterocycles. The van der Waals surface area contributed by atoms with Gasteiger partial charge >= 0.3 is 5.97 Å². The van der Waals surface area contributed by atoms with Gasteiger partial charge in [-0.05, 0) is 24.3 Å². The molecule has 0 spiro atoms. The van der Waals surface area contributed by atoms with Crippen LogP contribution in [-0.2, 0) is 14.8 Å². The van der Waals surface area contributed by atoms with E-state index in [9.17, 15) is 13.2 Å². The number of nitrogens with one attached hydrogen (secondary N) is 1. The zero-order chi connectivity index (χ0) is 14.5. The van der Waals surface area contributed by atoms with E-state index in [0.717, 1.165) is 0 Å². The zero-order valence-corrected chi connectivity index (χ0v) is 11.1. The highest BCUT2D eigenvalue weighted by molar-refractivity contribution is 7.89. The number of ether oxygens (including phenoxy) is 1. The number of sulfonamides is 1. The Morgan fingerprint density at radius 2 is 1.95 bits per heavy atom. The van der Waals surface area contributed by atoms with Gasteiger partial charge in [-0.25, -0.2) is 17.9 Å². The first-order chi connectivity index (χ1) is 8.86. The predicted molar refractivity (Wildman–Crippen MR) is 66.2 cm³/mol. The second-order valence-electron chi connectivity index (χ2n) is 3.71. The molecule has 8 heteroatoms. The van der Waals surface area contributed by atoms with Crippen LogP contribution in [0.15, 0.2) is 29.2 Å². The number of aliphatic hydroxyl groups excluding tert-OH is 1. The fraction of sp³-hybridized carbons (Fsp3) is 0.364. The molecule has 1 aromatic rings. The number of aliphatic hydroxyl groups is 1. The van der Waals surface area contributed by atoms with Gasteiger partial charge in [-0.2, -0.15) is 0 Å². The largest absolute Gasteiger partial charge is 0.478 e. The fourth-order valence-corrected chi connectivity index (χ4v) is 2.34. The van der Waals surface area contributed by atoms with Crippen molar-refractivity contribution >= 4 is 16.0 Å². The molecule has 0 aliphatic carbocycles. The molecule has 1 atom stereocenters. The third-order valence-corrected chi connectivity index (χ3v) is 3.84. The van der Waals surface area contributed by atoms with E-state index in [0.29, 0.717) is 0 Å². The van der Waals surface area contributed by atoms with E-state index in [4.69, 9.17) is 10.2 Å². The molecule has 0 aliphatic heterocycles. The molecule has 19 heavy (non-hydrogen) atoms. The summed E-state index contributed by atoms with van der Waals surface area (Å²) in [4.78, 5) is 10.6. The van der Waals surface area contributed by atoms with E-state index in [-0.39, 0.29) is 23.4 Å². The van der Waals surface area contributed by atoms with Crippen LogP contribution < -0.4 is 4.72 Å². The molecule has 0 saturated heterocycles. The van der Waals surface area contributed by atoms with Crippen molar-refractivity contribution < 1.29 is 28.2 Å². The summed E-state index contributed by atoms with van der Waals surface area (Å²) < 4.78 is 30.4. The highest BCUT2D eigenvalue weighted by atomic mass is 32.2. The number of hydrogen-bond donors (Lipinski definition) is 3. The van der Waals surface area contributed by atoms with Crippen LogP contribution in [0, 0.1) is 0 Å². The second kappa shape index (κ2) is 6.62. The SMILES string of the molecule is COC(O)CCNS(=O)(=O)c1ccc(C(=O)O)cc1. The van der Waals surface area contributed by atoms with Crippen molar-refractivity contribution in [3.05, 3.63) is 29.8 Å². The van der Waals surface area contributed by atoms with Gasteiger partial charge in [0.25, 0.3) is 0 Å². The lowest BCUT2D eigenvalue weighted by Crippen LogP contribution is -2.27. The Hall–Kier alpha value is -1.48. The fourth-order valence-electron chi connectivity index (χ4n) is 1.29. The molecule has 0 amide bonds. The zero-order valence-electron chi connectivity index (χ0n) is 10.2. The van der Waals surface area contributed by atoms with Gasteiger partial charge < -0.3 is 14.9 Å². The summed E-state index contributed by atoms with van der Waals surface area (Å²) in [5.74, 6) is -1.12. The van der Waals surface area contributed by atoms with Gasteiger partial charge in [0, 0.05) is 20.1 Å². The van der Waals surface area contributed by atoms with Gasteiger partial charge in [-0.1, -0.05) is 0 Å². The molecule has 0 radical (unpaired) electrons. The van der Waals surface area contributed by atoms with Crippen LogP contribution in [-0.4, -0.2) is 44.5 Å². The molecule has 0 saturated carbocycles. The standard InChI is InChI=1S/C11H15NO6S/c1-18-10(13)6-7-12-19(16,17)9-4-2-8(3-5-9)11(14)15/h2-5,10,12-13H,6-7H2,1H3,(H,14,15). The van der Waals surface area contributed by atoms with Crippen LogP contribution in [0.5, 0.6) is 0 Å². The Labute approximate surface area is 110 Å². The lowest BCUT2D eigenvalue weighted by atomic mass is 10.2. The van der Waals surface area contributed by atoms with E-state index < -0.39 is 22.3 Å². The summed E-state index contributed by atoms with van der Waals surface area (Å²) in [7, 11) is -2.41. The van der Waals surface area contributed by atoms with Crippen molar-refractivity contribution in [1.29, 1.82) is 0 Å². The molecule has 1 aromatic carbocycles. The number of carboxylic acid groups (broad SMARTS) is 1. The molecular weight excluding hydrogens is 274 g/mol.